The van der Waals surface area contributed by atoms with Gasteiger partial charge in [0.1, 0.15) is 11.8 Å². The molecule has 3 aromatic rings. The number of rotatable bonds is 10. The van der Waals surface area contributed by atoms with Crippen LogP contribution in [0.15, 0.2) is 77.3 Å². The van der Waals surface area contributed by atoms with E-state index in [0.29, 0.717) is 25.3 Å². The normalized spacial score (nSPS) is 11.5. The molecule has 1 atom stereocenters. The predicted molar refractivity (Wildman–Crippen MR) is 139 cm³/mol. The first-order chi connectivity index (χ1) is 16.4. The van der Waals surface area contributed by atoms with Crippen molar-refractivity contribution in [2.75, 3.05) is 13.2 Å². The standard InChI is InChI=1S/C28H31BrN2O3/c1-4-30-28(33)25(17-22-10-6-5-7-11-22)31(18-23-13-15-24(29)16-14-23)27(32)19-34-26-12-8-9-20(2)21(26)3/h5-16,25H,4,17-19H2,1-3H3,(H,30,33)/t25-/m0/s1. The first-order valence-corrected chi connectivity index (χ1v) is 12.2. The Morgan fingerprint density at radius 3 is 2.32 bits per heavy atom. The monoisotopic (exact) mass is 522 g/mol. The maximum atomic E-state index is 13.5. The molecule has 0 bridgehead atoms. The second-order valence-corrected chi connectivity index (χ2v) is 9.15. The van der Waals surface area contributed by atoms with Crippen LogP contribution in [0, 0.1) is 13.8 Å². The van der Waals surface area contributed by atoms with Crippen molar-refractivity contribution in [3.05, 3.63) is 99.5 Å². The highest BCUT2D eigenvalue weighted by atomic mass is 79.9. The van der Waals surface area contributed by atoms with Crippen molar-refractivity contribution in [1.29, 1.82) is 0 Å². The van der Waals surface area contributed by atoms with E-state index in [2.05, 4.69) is 21.2 Å². The largest absolute Gasteiger partial charge is 0.483 e. The van der Waals surface area contributed by atoms with Gasteiger partial charge in [-0.2, -0.15) is 0 Å². The molecule has 1 N–H and O–H groups in total. The number of nitrogens with one attached hydrogen (secondary N) is 1. The Balaban J connectivity index is 1.90. The number of amides is 2. The van der Waals surface area contributed by atoms with Gasteiger partial charge in [0, 0.05) is 24.0 Å². The maximum absolute atomic E-state index is 13.5. The molecule has 3 rings (SSSR count). The van der Waals surface area contributed by atoms with Gasteiger partial charge >= 0.3 is 0 Å². The van der Waals surface area contributed by atoms with Gasteiger partial charge in [-0.25, -0.2) is 0 Å². The molecule has 6 heteroatoms. The van der Waals surface area contributed by atoms with Crippen molar-refractivity contribution in [3.63, 3.8) is 0 Å². The lowest BCUT2D eigenvalue weighted by atomic mass is 10.0. The van der Waals surface area contributed by atoms with E-state index in [1.54, 1.807) is 4.90 Å². The zero-order valence-electron chi connectivity index (χ0n) is 19.9. The highest BCUT2D eigenvalue weighted by Crippen LogP contribution is 2.22. The van der Waals surface area contributed by atoms with Crippen LogP contribution in [-0.2, 0) is 22.6 Å². The number of benzene rings is 3. The van der Waals surface area contributed by atoms with Crippen molar-refractivity contribution in [3.8, 4) is 5.75 Å². The summed E-state index contributed by atoms with van der Waals surface area (Å²) < 4.78 is 6.88. The molecule has 3 aromatic carbocycles. The van der Waals surface area contributed by atoms with E-state index in [-0.39, 0.29) is 18.4 Å². The predicted octanol–water partition coefficient (Wildman–Crippen LogP) is 5.22. The lowest BCUT2D eigenvalue weighted by Gasteiger charge is -2.31. The topological polar surface area (TPSA) is 58.6 Å². The Morgan fingerprint density at radius 1 is 0.941 bits per heavy atom. The van der Waals surface area contributed by atoms with Crippen LogP contribution in [-0.4, -0.2) is 35.9 Å². The van der Waals surface area contributed by atoms with Crippen LogP contribution in [0.3, 0.4) is 0 Å². The second kappa shape index (κ2) is 12.4. The summed E-state index contributed by atoms with van der Waals surface area (Å²) in [5.74, 6) is 0.258. The van der Waals surface area contributed by atoms with Crippen LogP contribution in [0.25, 0.3) is 0 Å². The third kappa shape index (κ3) is 6.94. The van der Waals surface area contributed by atoms with Crippen LogP contribution >= 0.6 is 15.9 Å². The van der Waals surface area contributed by atoms with Crippen LogP contribution in [0.4, 0.5) is 0 Å². The van der Waals surface area contributed by atoms with E-state index in [1.807, 2.05) is 93.6 Å². The molecular weight excluding hydrogens is 492 g/mol. The zero-order chi connectivity index (χ0) is 24.5. The number of ether oxygens (including phenoxy) is 1. The van der Waals surface area contributed by atoms with Crippen molar-refractivity contribution in [2.24, 2.45) is 0 Å². The quantitative estimate of drug-likeness (QED) is 0.397. The van der Waals surface area contributed by atoms with Crippen LogP contribution in [0.5, 0.6) is 5.75 Å². The number of carbonyl (C=O) groups excluding carboxylic acids is 2. The summed E-state index contributed by atoms with van der Waals surface area (Å²) in [5, 5.41) is 2.91. The Kier molecular flexibility index (Phi) is 9.28. The lowest BCUT2D eigenvalue weighted by Crippen LogP contribution is -2.51. The fourth-order valence-electron chi connectivity index (χ4n) is 3.74. The third-order valence-corrected chi connectivity index (χ3v) is 6.32. The molecule has 34 heavy (non-hydrogen) atoms. The molecule has 178 valence electrons. The summed E-state index contributed by atoms with van der Waals surface area (Å²) >= 11 is 3.46. The minimum Gasteiger partial charge on any atom is -0.483 e. The SMILES string of the molecule is CCNC(=O)[C@H](Cc1ccccc1)N(Cc1ccc(Br)cc1)C(=O)COc1cccc(C)c1C. The molecule has 0 aliphatic carbocycles. The number of hydrogen-bond donors (Lipinski definition) is 1. The summed E-state index contributed by atoms with van der Waals surface area (Å²) in [6.07, 6.45) is 0.415. The number of halogens is 1. The van der Waals surface area contributed by atoms with Crippen LogP contribution in [0.2, 0.25) is 0 Å². The molecule has 0 saturated carbocycles. The molecule has 0 aliphatic rings. The first-order valence-electron chi connectivity index (χ1n) is 11.4. The Bertz CT molecular complexity index is 1100. The summed E-state index contributed by atoms with van der Waals surface area (Å²) in [5.41, 5.74) is 4.02. The summed E-state index contributed by atoms with van der Waals surface area (Å²) in [6.45, 7) is 6.50. The van der Waals surface area contributed by atoms with Gasteiger partial charge in [0.05, 0.1) is 0 Å². The number of carbonyl (C=O) groups is 2. The Labute approximate surface area is 210 Å². The molecule has 0 aromatic heterocycles. The molecule has 2 amide bonds. The van der Waals surface area contributed by atoms with E-state index in [0.717, 1.165) is 26.7 Å². The zero-order valence-corrected chi connectivity index (χ0v) is 21.5. The van der Waals surface area contributed by atoms with E-state index in [1.165, 1.54) is 0 Å². The number of likely N-dealkylation sites (N-methyl/N-ethyl adjacent to an activating group) is 1. The second-order valence-electron chi connectivity index (χ2n) is 8.23. The minimum absolute atomic E-state index is 0.147. The lowest BCUT2D eigenvalue weighted by molar-refractivity contribution is -0.142. The minimum atomic E-state index is -0.666. The third-order valence-electron chi connectivity index (χ3n) is 5.79. The fourth-order valence-corrected chi connectivity index (χ4v) is 4.00. The molecule has 0 spiro atoms. The summed E-state index contributed by atoms with van der Waals surface area (Å²) in [6, 6.07) is 22.6. The number of aryl methyl sites for hydroxylation is 1. The molecule has 0 aliphatic heterocycles. The molecular formula is C28H31BrN2O3. The Morgan fingerprint density at radius 2 is 1.65 bits per heavy atom. The highest BCUT2D eigenvalue weighted by Gasteiger charge is 2.30. The van der Waals surface area contributed by atoms with E-state index >= 15 is 0 Å². The fraction of sp³-hybridized carbons (Fsp3) is 0.286. The molecule has 5 nitrogen and oxygen atoms in total. The molecule has 0 heterocycles. The van der Waals surface area contributed by atoms with E-state index in [4.69, 9.17) is 4.74 Å². The van der Waals surface area contributed by atoms with Gasteiger partial charge in [0.15, 0.2) is 6.61 Å². The van der Waals surface area contributed by atoms with Gasteiger partial charge in [-0.1, -0.05) is 70.5 Å². The smallest absolute Gasteiger partial charge is 0.261 e. The molecule has 0 radical (unpaired) electrons. The van der Waals surface area contributed by atoms with Gasteiger partial charge in [0.2, 0.25) is 5.91 Å². The van der Waals surface area contributed by atoms with Crippen LogP contribution < -0.4 is 10.1 Å². The van der Waals surface area contributed by atoms with Gasteiger partial charge in [-0.15, -0.1) is 0 Å². The average molecular weight is 523 g/mol. The molecule has 0 unspecified atom stereocenters. The van der Waals surface area contributed by atoms with Crippen molar-refractivity contribution in [2.45, 2.75) is 39.8 Å². The molecule has 0 saturated heterocycles. The van der Waals surface area contributed by atoms with Crippen molar-refractivity contribution < 1.29 is 14.3 Å². The van der Waals surface area contributed by atoms with Crippen LogP contribution in [0.1, 0.15) is 29.2 Å². The average Bonchev–Trinajstić information content (AvgIpc) is 2.84. The van der Waals surface area contributed by atoms with Gasteiger partial charge in [-0.05, 0) is 61.2 Å². The number of hydrogen-bond acceptors (Lipinski definition) is 3. The van der Waals surface area contributed by atoms with Crippen molar-refractivity contribution in [1.82, 2.24) is 10.2 Å². The summed E-state index contributed by atoms with van der Waals surface area (Å²) in [4.78, 5) is 28.3. The number of nitrogens with zero attached hydrogens (tertiary/aromatic N) is 1. The van der Waals surface area contributed by atoms with Crippen molar-refractivity contribution >= 4 is 27.7 Å². The van der Waals surface area contributed by atoms with Gasteiger partial charge < -0.3 is 15.0 Å². The highest BCUT2D eigenvalue weighted by molar-refractivity contribution is 9.10. The molecule has 0 fully saturated rings. The van der Waals surface area contributed by atoms with Gasteiger partial charge in [0.25, 0.3) is 5.91 Å². The van der Waals surface area contributed by atoms with E-state index < -0.39 is 6.04 Å². The maximum Gasteiger partial charge on any atom is 0.261 e. The first kappa shape index (κ1) is 25.5. The Hall–Kier alpha value is -3.12. The van der Waals surface area contributed by atoms with Gasteiger partial charge in [-0.3, -0.25) is 9.59 Å². The van der Waals surface area contributed by atoms with E-state index in [9.17, 15) is 9.59 Å². The summed E-state index contributed by atoms with van der Waals surface area (Å²) in [7, 11) is 0.